The SMILES string of the molecule is N#Cc1cc(CNc2ccc(C#N)c(C#N)c2)ccn1. The lowest BCUT2D eigenvalue weighted by atomic mass is 10.1. The summed E-state index contributed by atoms with van der Waals surface area (Å²) in [5.41, 5.74) is 2.72. The van der Waals surface area contributed by atoms with E-state index in [1.54, 1.807) is 30.5 Å². The van der Waals surface area contributed by atoms with Crippen LogP contribution in [0.15, 0.2) is 36.5 Å². The smallest absolute Gasteiger partial charge is 0.140 e. The molecule has 0 saturated heterocycles. The van der Waals surface area contributed by atoms with Crippen LogP contribution in [0.25, 0.3) is 0 Å². The highest BCUT2D eigenvalue weighted by Gasteiger charge is 2.03. The molecule has 1 N–H and O–H groups in total. The van der Waals surface area contributed by atoms with Crippen molar-refractivity contribution in [1.29, 1.82) is 15.8 Å². The number of nitrogens with one attached hydrogen (secondary N) is 1. The molecule has 2 rings (SSSR count). The molecule has 0 unspecified atom stereocenters. The van der Waals surface area contributed by atoms with Gasteiger partial charge < -0.3 is 5.32 Å². The number of anilines is 1. The van der Waals surface area contributed by atoms with E-state index in [0.29, 0.717) is 23.4 Å². The van der Waals surface area contributed by atoms with Crippen LogP contribution in [0.5, 0.6) is 0 Å². The van der Waals surface area contributed by atoms with Gasteiger partial charge in [0.25, 0.3) is 0 Å². The molecular formula is C15H9N5. The normalized spacial score (nSPS) is 9.05. The van der Waals surface area contributed by atoms with Gasteiger partial charge in [0.1, 0.15) is 23.9 Å². The van der Waals surface area contributed by atoms with E-state index in [1.165, 1.54) is 0 Å². The number of hydrogen-bond acceptors (Lipinski definition) is 5. The van der Waals surface area contributed by atoms with Gasteiger partial charge >= 0.3 is 0 Å². The Labute approximate surface area is 116 Å². The Morgan fingerprint density at radius 1 is 0.950 bits per heavy atom. The first-order valence-corrected chi connectivity index (χ1v) is 5.80. The first-order valence-electron chi connectivity index (χ1n) is 5.80. The molecule has 0 radical (unpaired) electrons. The van der Waals surface area contributed by atoms with Crippen LogP contribution in [-0.2, 0) is 6.54 Å². The van der Waals surface area contributed by atoms with Gasteiger partial charge in [-0.1, -0.05) is 0 Å². The lowest BCUT2D eigenvalue weighted by Crippen LogP contribution is -2.01. The Morgan fingerprint density at radius 2 is 1.75 bits per heavy atom. The highest BCUT2D eigenvalue weighted by Crippen LogP contribution is 2.15. The lowest BCUT2D eigenvalue weighted by molar-refractivity contribution is 1.11. The van der Waals surface area contributed by atoms with E-state index in [0.717, 1.165) is 11.3 Å². The fourth-order valence-corrected chi connectivity index (χ4v) is 1.69. The molecule has 0 aliphatic rings. The second-order valence-electron chi connectivity index (χ2n) is 4.00. The molecule has 0 fully saturated rings. The zero-order valence-corrected chi connectivity index (χ0v) is 10.5. The summed E-state index contributed by atoms with van der Waals surface area (Å²) in [5, 5.41) is 29.7. The number of nitriles is 3. The number of rotatable bonds is 3. The third-order valence-electron chi connectivity index (χ3n) is 2.70. The highest BCUT2D eigenvalue weighted by atomic mass is 14.9. The van der Waals surface area contributed by atoms with Crippen molar-refractivity contribution in [2.75, 3.05) is 5.32 Å². The van der Waals surface area contributed by atoms with E-state index in [-0.39, 0.29) is 0 Å². The molecule has 1 heterocycles. The van der Waals surface area contributed by atoms with Crippen molar-refractivity contribution >= 4 is 5.69 Å². The summed E-state index contributed by atoms with van der Waals surface area (Å²) < 4.78 is 0. The Hall–Kier alpha value is -3.36. The lowest BCUT2D eigenvalue weighted by Gasteiger charge is -2.07. The van der Waals surface area contributed by atoms with Gasteiger partial charge in [0.2, 0.25) is 0 Å². The van der Waals surface area contributed by atoms with Gasteiger partial charge in [0, 0.05) is 18.4 Å². The number of benzene rings is 1. The molecule has 20 heavy (non-hydrogen) atoms. The summed E-state index contributed by atoms with van der Waals surface area (Å²) in [6, 6.07) is 14.4. The summed E-state index contributed by atoms with van der Waals surface area (Å²) in [4.78, 5) is 3.89. The Kier molecular flexibility index (Phi) is 3.92. The zero-order valence-electron chi connectivity index (χ0n) is 10.5. The molecular weight excluding hydrogens is 250 g/mol. The molecule has 0 saturated carbocycles. The summed E-state index contributed by atoms with van der Waals surface area (Å²) >= 11 is 0. The number of aromatic nitrogens is 1. The number of nitrogens with zero attached hydrogens (tertiary/aromatic N) is 4. The topological polar surface area (TPSA) is 96.3 Å². The maximum absolute atomic E-state index is 8.95. The predicted octanol–water partition coefficient (Wildman–Crippen LogP) is 2.31. The molecule has 1 aromatic heterocycles. The van der Waals surface area contributed by atoms with Crippen LogP contribution in [0.3, 0.4) is 0 Å². The molecule has 5 nitrogen and oxygen atoms in total. The maximum atomic E-state index is 8.95. The second-order valence-corrected chi connectivity index (χ2v) is 4.00. The Balaban J connectivity index is 2.14. The third kappa shape index (κ3) is 2.90. The van der Waals surface area contributed by atoms with Crippen LogP contribution in [0.4, 0.5) is 5.69 Å². The summed E-state index contributed by atoms with van der Waals surface area (Å²) in [5.74, 6) is 0. The molecule has 0 spiro atoms. The van der Waals surface area contributed by atoms with Crippen molar-refractivity contribution in [3.05, 3.63) is 58.9 Å². The van der Waals surface area contributed by atoms with Crippen molar-refractivity contribution in [2.45, 2.75) is 6.54 Å². The van der Waals surface area contributed by atoms with E-state index in [2.05, 4.69) is 10.3 Å². The van der Waals surface area contributed by atoms with Crippen molar-refractivity contribution in [3.63, 3.8) is 0 Å². The standard InChI is InChI=1S/C15H9N5/c16-7-12-1-2-14(6-13(12)8-17)20-10-11-3-4-19-15(5-11)9-18/h1-6,20H,10H2. The van der Waals surface area contributed by atoms with Gasteiger partial charge in [-0.3, -0.25) is 0 Å². The van der Waals surface area contributed by atoms with Gasteiger partial charge in [-0.05, 0) is 35.9 Å². The summed E-state index contributed by atoms with van der Waals surface area (Å²) in [6.45, 7) is 0.508. The molecule has 0 atom stereocenters. The average molecular weight is 259 g/mol. The molecule has 0 amide bonds. The van der Waals surface area contributed by atoms with E-state index in [9.17, 15) is 0 Å². The largest absolute Gasteiger partial charge is 0.381 e. The van der Waals surface area contributed by atoms with Crippen LogP contribution in [-0.4, -0.2) is 4.98 Å². The fraction of sp³-hybridized carbons (Fsp3) is 0.0667. The van der Waals surface area contributed by atoms with Gasteiger partial charge in [-0.25, -0.2) is 4.98 Å². The third-order valence-corrected chi connectivity index (χ3v) is 2.70. The van der Waals surface area contributed by atoms with Crippen LogP contribution in [0, 0.1) is 34.0 Å². The summed E-state index contributed by atoms with van der Waals surface area (Å²) in [7, 11) is 0. The highest BCUT2D eigenvalue weighted by molar-refractivity contribution is 5.56. The quantitative estimate of drug-likeness (QED) is 0.912. The Morgan fingerprint density at radius 3 is 2.45 bits per heavy atom. The average Bonchev–Trinajstić information content (AvgIpc) is 2.52. The first kappa shape index (κ1) is 13.1. The molecule has 94 valence electrons. The zero-order chi connectivity index (χ0) is 14.4. The maximum Gasteiger partial charge on any atom is 0.140 e. The minimum Gasteiger partial charge on any atom is -0.381 e. The molecule has 1 aromatic carbocycles. The minimum atomic E-state index is 0.338. The number of hydrogen-bond donors (Lipinski definition) is 1. The van der Waals surface area contributed by atoms with E-state index in [1.807, 2.05) is 24.3 Å². The molecule has 2 aromatic rings. The van der Waals surface area contributed by atoms with Crippen LogP contribution in [0.1, 0.15) is 22.4 Å². The fourth-order valence-electron chi connectivity index (χ4n) is 1.69. The van der Waals surface area contributed by atoms with Crippen LogP contribution < -0.4 is 5.32 Å². The van der Waals surface area contributed by atoms with Gasteiger partial charge in [-0.2, -0.15) is 15.8 Å². The minimum absolute atomic E-state index is 0.338. The van der Waals surface area contributed by atoms with Gasteiger partial charge in [0.15, 0.2) is 0 Å². The van der Waals surface area contributed by atoms with Crippen molar-refractivity contribution < 1.29 is 0 Å². The van der Waals surface area contributed by atoms with Crippen LogP contribution in [0.2, 0.25) is 0 Å². The molecule has 5 heteroatoms. The van der Waals surface area contributed by atoms with E-state index >= 15 is 0 Å². The first-order chi connectivity index (χ1) is 9.76. The predicted molar refractivity (Wildman–Crippen MR) is 72.2 cm³/mol. The second kappa shape index (κ2) is 6.00. The monoisotopic (exact) mass is 259 g/mol. The molecule has 0 aliphatic heterocycles. The van der Waals surface area contributed by atoms with Gasteiger partial charge in [-0.15, -0.1) is 0 Å². The summed E-state index contributed by atoms with van der Waals surface area (Å²) in [6.07, 6.45) is 1.58. The van der Waals surface area contributed by atoms with E-state index < -0.39 is 0 Å². The van der Waals surface area contributed by atoms with Crippen molar-refractivity contribution in [1.82, 2.24) is 4.98 Å². The van der Waals surface area contributed by atoms with Crippen molar-refractivity contribution in [3.8, 4) is 18.2 Å². The number of pyridine rings is 1. The Bertz CT molecular complexity index is 759. The molecule has 0 bridgehead atoms. The van der Waals surface area contributed by atoms with Gasteiger partial charge in [0.05, 0.1) is 11.1 Å². The molecule has 0 aliphatic carbocycles. The van der Waals surface area contributed by atoms with Crippen molar-refractivity contribution in [2.24, 2.45) is 0 Å². The van der Waals surface area contributed by atoms with Crippen LogP contribution >= 0.6 is 0 Å². The van der Waals surface area contributed by atoms with E-state index in [4.69, 9.17) is 15.8 Å².